The molecule has 0 aliphatic heterocycles. The zero-order chi connectivity index (χ0) is 16.4. The summed E-state index contributed by atoms with van der Waals surface area (Å²) in [6.07, 6.45) is 0.213. The predicted molar refractivity (Wildman–Crippen MR) is 89.6 cm³/mol. The summed E-state index contributed by atoms with van der Waals surface area (Å²) < 4.78 is 0. The highest BCUT2D eigenvalue weighted by atomic mass is 35.5. The summed E-state index contributed by atoms with van der Waals surface area (Å²) in [6.45, 7) is 0. The molecule has 1 heterocycles. The van der Waals surface area contributed by atoms with E-state index in [4.69, 9.17) is 11.6 Å². The molecule has 0 unspecified atom stereocenters. The van der Waals surface area contributed by atoms with E-state index in [0.717, 1.165) is 0 Å². The SMILES string of the molecule is O=C(Nc1cc2cc[nH]c(=O)c2cc1Cl)[C@H](O)c1ccccc1. The van der Waals surface area contributed by atoms with Crippen molar-refractivity contribution in [2.45, 2.75) is 6.10 Å². The number of hydrogen-bond donors (Lipinski definition) is 3. The van der Waals surface area contributed by atoms with Gasteiger partial charge in [0.05, 0.1) is 10.7 Å². The number of halogens is 1. The first-order valence-electron chi connectivity index (χ1n) is 6.91. The lowest BCUT2D eigenvalue weighted by atomic mass is 10.1. The van der Waals surface area contributed by atoms with Gasteiger partial charge in [-0.25, -0.2) is 0 Å². The Labute approximate surface area is 136 Å². The number of aromatic nitrogens is 1. The van der Waals surface area contributed by atoms with Gasteiger partial charge in [-0.3, -0.25) is 9.59 Å². The summed E-state index contributed by atoms with van der Waals surface area (Å²) in [5.41, 5.74) is 0.565. The molecule has 0 saturated carbocycles. The van der Waals surface area contributed by atoms with E-state index in [1.54, 1.807) is 42.5 Å². The van der Waals surface area contributed by atoms with Crippen molar-refractivity contribution >= 4 is 34.0 Å². The number of hydrogen-bond acceptors (Lipinski definition) is 3. The summed E-state index contributed by atoms with van der Waals surface area (Å²) in [4.78, 5) is 26.5. The predicted octanol–water partition coefficient (Wildman–Crippen LogP) is 2.85. The van der Waals surface area contributed by atoms with Gasteiger partial charge in [0.1, 0.15) is 0 Å². The third-order valence-electron chi connectivity index (χ3n) is 3.48. The number of carbonyl (C=O) groups excluding carboxylic acids is 1. The highest BCUT2D eigenvalue weighted by Gasteiger charge is 2.18. The number of carbonyl (C=O) groups is 1. The number of nitrogens with one attached hydrogen (secondary N) is 2. The smallest absolute Gasteiger partial charge is 0.257 e. The summed E-state index contributed by atoms with van der Waals surface area (Å²) in [5.74, 6) is -0.595. The van der Waals surface area contributed by atoms with Gasteiger partial charge in [-0.05, 0) is 29.1 Å². The molecule has 1 atom stereocenters. The van der Waals surface area contributed by atoms with E-state index in [9.17, 15) is 14.7 Å². The summed E-state index contributed by atoms with van der Waals surface area (Å²) in [5, 5.41) is 14.0. The maximum Gasteiger partial charge on any atom is 0.257 e. The van der Waals surface area contributed by atoms with Crippen molar-refractivity contribution in [1.82, 2.24) is 4.98 Å². The minimum absolute atomic E-state index is 0.225. The molecule has 0 saturated heterocycles. The number of anilines is 1. The number of amides is 1. The number of pyridine rings is 1. The van der Waals surface area contributed by atoms with Crippen LogP contribution < -0.4 is 10.9 Å². The Kier molecular flexibility index (Phi) is 4.14. The highest BCUT2D eigenvalue weighted by Crippen LogP contribution is 2.27. The second kappa shape index (κ2) is 6.24. The van der Waals surface area contributed by atoms with Crippen LogP contribution in [0.5, 0.6) is 0 Å². The lowest BCUT2D eigenvalue weighted by Gasteiger charge is -2.13. The second-order valence-corrected chi connectivity index (χ2v) is 5.44. The van der Waals surface area contributed by atoms with Gasteiger partial charge in [0.15, 0.2) is 6.10 Å². The van der Waals surface area contributed by atoms with E-state index in [-0.39, 0.29) is 10.6 Å². The molecule has 116 valence electrons. The Morgan fingerprint density at radius 1 is 1.17 bits per heavy atom. The van der Waals surface area contributed by atoms with Crippen LogP contribution in [0.4, 0.5) is 5.69 Å². The molecular weight excluding hydrogens is 316 g/mol. The van der Waals surface area contributed by atoms with E-state index in [2.05, 4.69) is 10.3 Å². The molecule has 0 radical (unpaired) electrons. The van der Waals surface area contributed by atoms with E-state index >= 15 is 0 Å². The molecule has 0 aliphatic carbocycles. The number of aromatic amines is 1. The molecule has 1 aromatic heterocycles. The fraction of sp³-hybridized carbons (Fsp3) is 0.0588. The number of aliphatic hydroxyl groups is 1. The Morgan fingerprint density at radius 3 is 2.65 bits per heavy atom. The van der Waals surface area contributed by atoms with Crippen LogP contribution in [0.25, 0.3) is 10.8 Å². The van der Waals surface area contributed by atoms with Gasteiger partial charge in [0.25, 0.3) is 11.5 Å². The molecule has 3 rings (SSSR count). The van der Waals surface area contributed by atoms with Crippen molar-refractivity contribution in [2.75, 3.05) is 5.32 Å². The molecule has 6 heteroatoms. The maximum absolute atomic E-state index is 12.2. The average Bonchev–Trinajstić information content (AvgIpc) is 2.56. The maximum atomic E-state index is 12.2. The third-order valence-corrected chi connectivity index (χ3v) is 3.80. The number of benzene rings is 2. The topological polar surface area (TPSA) is 82.2 Å². The van der Waals surface area contributed by atoms with Crippen LogP contribution in [0, 0.1) is 0 Å². The third kappa shape index (κ3) is 3.11. The zero-order valence-electron chi connectivity index (χ0n) is 11.9. The van der Waals surface area contributed by atoms with Gasteiger partial charge in [0.2, 0.25) is 0 Å². The van der Waals surface area contributed by atoms with E-state index < -0.39 is 12.0 Å². The fourth-order valence-electron chi connectivity index (χ4n) is 2.29. The Morgan fingerprint density at radius 2 is 1.91 bits per heavy atom. The zero-order valence-corrected chi connectivity index (χ0v) is 12.7. The molecule has 0 fully saturated rings. The number of fused-ring (bicyclic) bond motifs is 1. The van der Waals surface area contributed by atoms with Gasteiger partial charge in [-0.15, -0.1) is 0 Å². The standard InChI is InChI=1S/C17H13ClN2O3/c18-13-9-12-11(6-7-19-16(12)22)8-14(13)20-17(23)15(21)10-4-2-1-3-5-10/h1-9,15,21H,(H,19,22)(H,20,23)/t15-/m1/s1. The Bertz CT molecular complexity index is 922. The van der Waals surface area contributed by atoms with Crippen molar-refractivity contribution in [3.05, 3.63) is 75.7 Å². The Balaban J connectivity index is 1.91. The van der Waals surface area contributed by atoms with Crippen LogP contribution >= 0.6 is 11.6 Å². The molecule has 0 aliphatic rings. The number of H-pyrrole nitrogens is 1. The molecular formula is C17H13ClN2O3. The molecule has 0 spiro atoms. The lowest BCUT2D eigenvalue weighted by Crippen LogP contribution is -2.21. The van der Waals surface area contributed by atoms with Crippen LogP contribution in [0.2, 0.25) is 5.02 Å². The Hall–Kier alpha value is -2.63. The minimum atomic E-state index is -1.30. The van der Waals surface area contributed by atoms with Gasteiger partial charge in [-0.1, -0.05) is 41.9 Å². The van der Waals surface area contributed by atoms with E-state index in [1.165, 1.54) is 12.3 Å². The van der Waals surface area contributed by atoms with Crippen molar-refractivity contribution in [1.29, 1.82) is 0 Å². The number of rotatable bonds is 3. The molecule has 3 aromatic rings. The average molecular weight is 329 g/mol. The van der Waals surface area contributed by atoms with Gasteiger partial charge < -0.3 is 15.4 Å². The van der Waals surface area contributed by atoms with Crippen molar-refractivity contribution in [3.63, 3.8) is 0 Å². The normalized spacial score (nSPS) is 12.1. The van der Waals surface area contributed by atoms with E-state index in [0.29, 0.717) is 22.0 Å². The van der Waals surface area contributed by atoms with Gasteiger partial charge in [0, 0.05) is 11.6 Å². The fourth-order valence-corrected chi connectivity index (χ4v) is 2.50. The molecule has 3 N–H and O–H groups in total. The monoisotopic (exact) mass is 328 g/mol. The molecule has 1 amide bonds. The van der Waals surface area contributed by atoms with Crippen molar-refractivity contribution < 1.29 is 9.90 Å². The lowest BCUT2D eigenvalue weighted by molar-refractivity contribution is -0.124. The van der Waals surface area contributed by atoms with Crippen LogP contribution in [0.3, 0.4) is 0 Å². The summed E-state index contributed by atoms with van der Waals surface area (Å²) in [6, 6.07) is 13.4. The molecule has 2 aromatic carbocycles. The van der Waals surface area contributed by atoms with Crippen LogP contribution in [-0.4, -0.2) is 16.0 Å². The second-order valence-electron chi connectivity index (χ2n) is 5.03. The summed E-state index contributed by atoms with van der Waals surface area (Å²) in [7, 11) is 0. The van der Waals surface area contributed by atoms with Crippen molar-refractivity contribution in [3.8, 4) is 0 Å². The van der Waals surface area contributed by atoms with Crippen molar-refractivity contribution in [2.24, 2.45) is 0 Å². The summed E-state index contributed by atoms with van der Waals surface area (Å²) >= 11 is 6.12. The number of aliphatic hydroxyl groups excluding tert-OH is 1. The highest BCUT2D eigenvalue weighted by molar-refractivity contribution is 6.34. The molecule has 5 nitrogen and oxygen atoms in total. The van der Waals surface area contributed by atoms with Gasteiger partial charge in [-0.2, -0.15) is 0 Å². The van der Waals surface area contributed by atoms with Crippen LogP contribution in [-0.2, 0) is 4.79 Å². The molecule has 0 bridgehead atoms. The first-order chi connectivity index (χ1) is 11.1. The largest absolute Gasteiger partial charge is 0.378 e. The van der Waals surface area contributed by atoms with E-state index in [1.807, 2.05) is 0 Å². The molecule has 23 heavy (non-hydrogen) atoms. The van der Waals surface area contributed by atoms with Crippen LogP contribution in [0.1, 0.15) is 11.7 Å². The first kappa shape index (κ1) is 15.3. The quantitative estimate of drug-likeness (QED) is 0.691. The van der Waals surface area contributed by atoms with Gasteiger partial charge >= 0.3 is 0 Å². The minimum Gasteiger partial charge on any atom is -0.378 e. The first-order valence-corrected chi connectivity index (χ1v) is 7.29. The van der Waals surface area contributed by atoms with Crippen LogP contribution in [0.15, 0.2) is 59.5 Å².